The van der Waals surface area contributed by atoms with Gasteiger partial charge in [-0.05, 0) is 44.2 Å². The minimum Gasteiger partial charge on any atom is -0.369 e. The van der Waals surface area contributed by atoms with E-state index >= 15 is 0 Å². The Morgan fingerprint density at radius 2 is 1.91 bits per heavy atom. The highest BCUT2D eigenvalue weighted by Gasteiger charge is 2.09. The number of nitrogens with zero attached hydrogens (tertiary/aromatic N) is 1. The number of hydrogen-bond donors (Lipinski definition) is 2. The van der Waals surface area contributed by atoms with E-state index in [1.807, 2.05) is 20.8 Å². The molecule has 0 radical (unpaired) electrons. The smallest absolute Gasteiger partial charge is 0.220 e. The van der Waals surface area contributed by atoms with Gasteiger partial charge in [0.05, 0.1) is 0 Å². The molecule has 0 aromatic heterocycles. The topological polar surface area (TPSA) is 67.5 Å². The summed E-state index contributed by atoms with van der Waals surface area (Å²) >= 11 is 0. The molecule has 1 rings (SSSR count). The van der Waals surface area contributed by atoms with E-state index in [0.29, 0.717) is 6.42 Å². The molecule has 126 valence electrons. The Morgan fingerprint density at radius 1 is 1.30 bits per heavy atom. The normalized spacial score (nSPS) is 12.7. The van der Waals surface area contributed by atoms with Crippen molar-refractivity contribution in [2.45, 2.75) is 46.5 Å². The van der Waals surface area contributed by atoms with E-state index in [1.54, 1.807) is 0 Å². The van der Waals surface area contributed by atoms with Crippen molar-refractivity contribution in [2.24, 2.45) is 16.6 Å². The van der Waals surface area contributed by atoms with Crippen molar-refractivity contribution in [3.05, 3.63) is 47.7 Å². The number of allylic oxidation sites excluding steroid dienone is 1. The van der Waals surface area contributed by atoms with Gasteiger partial charge in [0.15, 0.2) is 0 Å². The van der Waals surface area contributed by atoms with E-state index in [-0.39, 0.29) is 11.8 Å². The molecule has 4 heteroatoms. The fourth-order valence-corrected chi connectivity index (χ4v) is 2.37. The van der Waals surface area contributed by atoms with Gasteiger partial charge >= 0.3 is 0 Å². The molecule has 1 amide bonds. The number of carbonyl (C=O) groups excluding carboxylic acids is 1. The molecule has 0 aliphatic heterocycles. The largest absolute Gasteiger partial charge is 0.369 e. The van der Waals surface area contributed by atoms with Crippen LogP contribution in [0.25, 0.3) is 0 Å². The van der Waals surface area contributed by atoms with Crippen LogP contribution >= 0.6 is 0 Å². The predicted molar refractivity (Wildman–Crippen MR) is 97.4 cm³/mol. The summed E-state index contributed by atoms with van der Waals surface area (Å²) in [5.41, 5.74) is 8.67. The second-order valence-electron chi connectivity index (χ2n) is 6.00. The van der Waals surface area contributed by atoms with Gasteiger partial charge in [0, 0.05) is 24.6 Å². The molecule has 0 fully saturated rings. The molecule has 1 aromatic carbocycles. The summed E-state index contributed by atoms with van der Waals surface area (Å²) in [6.07, 6.45) is 3.66. The van der Waals surface area contributed by atoms with Crippen LogP contribution < -0.4 is 11.1 Å². The van der Waals surface area contributed by atoms with Gasteiger partial charge in [0.1, 0.15) is 5.84 Å². The third kappa shape index (κ3) is 7.63. The molecule has 0 spiro atoms. The van der Waals surface area contributed by atoms with E-state index in [0.717, 1.165) is 42.9 Å². The molecule has 0 saturated carbocycles. The summed E-state index contributed by atoms with van der Waals surface area (Å²) in [5, 5.41) is 3.22. The van der Waals surface area contributed by atoms with E-state index in [1.165, 1.54) is 5.56 Å². The summed E-state index contributed by atoms with van der Waals surface area (Å²) in [4.78, 5) is 15.6. The molecule has 23 heavy (non-hydrogen) atoms. The van der Waals surface area contributed by atoms with Crippen molar-refractivity contribution in [2.75, 3.05) is 6.54 Å². The van der Waals surface area contributed by atoms with Gasteiger partial charge in [-0.3, -0.25) is 9.79 Å². The molecule has 3 N–H and O–H groups in total. The number of benzene rings is 1. The highest BCUT2D eigenvalue weighted by molar-refractivity contribution is 5.83. The Bertz CT molecular complexity index is 546. The van der Waals surface area contributed by atoms with Gasteiger partial charge < -0.3 is 11.1 Å². The number of primary amides is 1. The molecule has 4 nitrogen and oxygen atoms in total. The average molecular weight is 315 g/mol. The maximum Gasteiger partial charge on any atom is 0.220 e. The van der Waals surface area contributed by atoms with Crippen LogP contribution in [0.15, 0.2) is 41.5 Å². The predicted octanol–water partition coefficient (Wildman–Crippen LogP) is 3.21. The highest BCUT2D eigenvalue weighted by atomic mass is 16.1. The molecule has 0 aliphatic rings. The van der Waals surface area contributed by atoms with Crippen molar-refractivity contribution in [3.63, 3.8) is 0 Å². The fraction of sp³-hybridized carbons (Fsp3) is 0.474. The quantitative estimate of drug-likeness (QED) is 0.543. The van der Waals surface area contributed by atoms with Crippen LogP contribution in [0.1, 0.15) is 44.7 Å². The lowest BCUT2D eigenvalue weighted by atomic mass is 9.98. The van der Waals surface area contributed by atoms with Crippen LogP contribution in [-0.2, 0) is 17.6 Å². The van der Waals surface area contributed by atoms with Crippen LogP contribution in [0.3, 0.4) is 0 Å². The average Bonchev–Trinajstić information content (AvgIpc) is 2.48. The second-order valence-corrected chi connectivity index (χ2v) is 6.00. The summed E-state index contributed by atoms with van der Waals surface area (Å²) < 4.78 is 0. The molecule has 0 saturated heterocycles. The molecule has 1 unspecified atom stereocenters. The minimum absolute atomic E-state index is 0.123. The monoisotopic (exact) mass is 315 g/mol. The number of amides is 1. The maximum absolute atomic E-state index is 11.1. The van der Waals surface area contributed by atoms with Gasteiger partial charge in [-0.25, -0.2) is 0 Å². The number of aliphatic imine (C=N–C) groups is 1. The first-order valence-corrected chi connectivity index (χ1v) is 8.25. The zero-order chi connectivity index (χ0) is 17.2. The lowest BCUT2D eigenvalue weighted by Gasteiger charge is -2.10. The molecule has 0 bridgehead atoms. The molecular formula is C19H29N3O. The van der Waals surface area contributed by atoms with Crippen molar-refractivity contribution in [1.29, 1.82) is 0 Å². The highest BCUT2D eigenvalue weighted by Crippen LogP contribution is 2.12. The Kier molecular flexibility index (Phi) is 8.09. The zero-order valence-electron chi connectivity index (χ0n) is 14.6. The van der Waals surface area contributed by atoms with Gasteiger partial charge in [-0.15, -0.1) is 0 Å². The SMILES string of the molecule is C=C(C)NC(CCCc1ccc(CC(C)C(N)=O)cc1)=NCC. The number of nitrogens with one attached hydrogen (secondary N) is 1. The molecule has 0 aliphatic carbocycles. The number of amidine groups is 1. The van der Waals surface area contributed by atoms with Crippen LogP contribution in [0.5, 0.6) is 0 Å². The lowest BCUT2D eigenvalue weighted by molar-refractivity contribution is -0.121. The van der Waals surface area contributed by atoms with E-state index in [9.17, 15) is 4.79 Å². The number of aryl methyl sites for hydroxylation is 1. The van der Waals surface area contributed by atoms with E-state index in [2.05, 4.69) is 41.2 Å². The maximum atomic E-state index is 11.1. The number of nitrogens with two attached hydrogens (primary N) is 1. The van der Waals surface area contributed by atoms with E-state index < -0.39 is 0 Å². The van der Waals surface area contributed by atoms with Crippen molar-refractivity contribution in [3.8, 4) is 0 Å². The van der Waals surface area contributed by atoms with E-state index in [4.69, 9.17) is 5.73 Å². The van der Waals surface area contributed by atoms with Gasteiger partial charge in [-0.2, -0.15) is 0 Å². The standard InChI is InChI=1S/C19H29N3O/c1-5-21-18(22-14(2)3)8-6-7-16-9-11-17(12-10-16)13-15(4)19(20)23/h9-12,15H,2,5-8,13H2,1,3-4H3,(H2,20,23)(H,21,22). The van der Waals surface area contributed by atoms with Crippen molar-refractivity contribution in [1.82, 2.24) is 5.32 Å². The molecule has 1 atom stereocenters. The Hall–Kier alpha value is -2.10. The van der Waals surface area contributed by atoms with Gasteiger partial charge in [0.25, 0.3) is 0 Å². The molecular weight excluding hydrogens is 286 g/mol. The minimum atomic E-state index is -0.248. The summed E-state index contributed by atoms with van der Waals surface area (Å²) in [7, 11) is 0. The first-order chi connectivity index (χ1) is 10.9. The zero-order valence-corrected chi connectivity index (χ0v) is 14.6. The lowest BCUT2D eigenvalue weighted by Crippen LogP contribution is -2.22. The summed E-state index contributed by atoms with van der Waals surface area (Å²) in [5.74, 6) is 0.635. The fourth-order valence-electron chi connectivity index (χ4n) is 2.37. The number of carbonyl (C=O) groups is 1. The third-order valence-corrected chi connectivity index (χ3v) is 3.64. The second kappa shape index (κ2) is 9.82. The van der Waals surface area contributed by atoms with Crippen molar-refractivity contribution >= 4 is 11.7 Å². The Labute approximate surface area is 139 Å². The van der Waals surface area contributed by atoms with Crippen LogP contribution in [-0.4, -0.2) is 18.3 Å². The first kappa shape index (κ1) is 18.9. The Morgan fingerprint density at radius 3 is 2.43 bits per heavy atom. The third-order valence-electron chi connectivity index (χ3n) is 3.64. The number of rotatable bonds is 9. The molecule has 0 heterocycles. The summed E-state index contributed by atoms with van der Waals surface area (Å²) in [6, 6.07) is 8.43. The van der Waals surface area contributed by atoms with Gasteiger partial charge in [-0.1, -0.05) is 37.8 Å². The first-order valence-electron chi connectivity index (χ1n) is 8.25. The molecule has 1 aromatic rings. The van der Waals surface area contributed by atoms with Gasteiger partial charge in [0.2, 0.25) is 5.91 Å². The van der Waals surface area contributed by atoms with Crippen LogP contribution in [0.4, 0.5) is 0 Å². The Balaban J connectivity index is 2.47. The van der Waals surface area contributed by atoms with Crippen molar-refractivity contribution < 1.29 is 4.79 Å². The van der Waals surface area contributed by atoms with Crippen LogP contribution in [0, 0.1) is 5.92 Å². The summed E-state index contributed by atoms with van der Waals surface area (Å²) in [6.45, 7) is 10.5. The number of hydrogen-bond acceptors (Lipinski definition) is 2. The van der Waals surface area contributed by atoms with Crippen LogP contribution in [0.2, 0.25) is 0 Å².